The average molecular weight is 400 g/mol. The molecule has 1 N–H and O–H groups in total. The van der Waals surface area contributed by atoms with Crippen LogP contribution in [0.25, 0.3) is 0 Å². The first kappa shape index (κ1) is 19.8. The third kappa shape index (κ3) is 3.69. The summed E-state index contributed by atoms with van der Waals surface area (Å²) in [7, 11) is 1.60. The molecule has 1 heterocycles. The van der Waals surface area contributed by atoms with Gasteiger partial charge < -0.3 is 14.8 Å². The molecule has 2 aromatic rings. The fourth-order valence-corrected chi connectivity index (χ4v) is 4.18. The van der Waals surface area contributed by atoms with E-state index in [1.54, 1.807) is 7.11 Å². The normalized spacial score (nSPS) is 18.4. The van der Waals surface area contributed by atoms with Gasteiger partial charge in [-0.2, -0.15) is 5.26 Å². The van der Waals surface area contributed by atoms with Gasteiger partial charge in [0.05, 0.1) is 24.7 Å². The van der Waals surface area contributed by atoms with Gasteiger partial charge in [-0.3, -0.25) is 4.79 Å². The van der Waals surface area contributed by atoms with Crippen molar-refractivity contribution >= 4 is 5.78 Å². The van der Waals surface area contributed by atoms with E-state index in [1.165, 1.54) is 0 Å². The second-order valence-corrected chi connectivity index (χ2v) is 7.56. The summed E-state index contributed by atoms with van der Waals surface area (Å²) < 4.78 is 11.5. The summed E-state index contributed by atoms with van der Waals surface area (Å²) in [5.74, 6) is 0.943. The van der Waals surface area contributed by atoms with Crippen LogP contribution >= 0.6 is 0 Å². The van der Waals surface area contributed by atoms with Gasteiger partial charge in [0.25, 0.3) is 0 Å². The molecule has 0 bridgehead atoms. The van der Waals surface area contributed by atoms with Crippen molar-refractivity contribution in [3.63, 3.8) is 0 Å². The number of hydrogen-bond acceptors (Lipinski definition) is 5. The lowest BCUT2D eigenvalue weighted by atomic mass is 9.75. The first-order valence-corrected chi connectivity index (χ1v) is 10.1. The third-order valence-corrected chi connectivity index (χ3v) is 5.65. The van der Waals surface area contributed by atoms with Crippen molar-refractivity contribution in [1.29, 1.82) is 5.26 Å². The number of rotatable bonds is 5. The molecule has 0 aromatic heterocycles. The van der Waals surface area contributed by atoms with Crippen LogP contribution in [0.3, 0.4) is 0 Å². The van der Waals surface area contributed by atoms with Gasteiger partial charge in [0.2, 0.25) is 0 Å². The average Bonchev–Trinajstić information content (AvgIpc) is 2.77. The minimum atomic E-state index is -0.379. The highest BCUT2D eigenvalue weighted by atomic mass is 16.5. The van der Waals surface area contributed by atoms with Crippen LogP contribution in [0.5, 0.6) is 11.5 Å². The summed E-state index contributed by atoms with van der Waals surface area (Å²) in [4.78, 5) is 12.8. The van der Waals surface area contributed by atoms with Crippen molar-refractivity contribution in [3.05, 3.63) is 82.2 Å². The number of ketones is 1. The number of Topliss-reactive ketones (excluding diaryl/α,β-unsaturated/α-hetero) is 1. The first-order valence-electron chi connectivity index (χ1n) is 10.1. The van der Waals surface area contributed by atoms with Crippen molar-refractivity contribution in [2.24, 2.45) is 0 Å². The van der Waals surface area contributed by atoms with E-state index in [0.29, 0.717) is 35.7 Å². The standard InChI is InChI=1S/C25H24N2O3/c1-16-19(14-26)24(25-20(27-16)9-6-10-21(25)28)18-11-12-22(23(13-18)29-2)30-15-17-7-4-3-5-8-17/h3-5,7-8,11-13,24,27H,6,9-10,15H2,1-2H3. The van der Waals surface area contributed by atoms with Crippen molar-refractivity contribution < 1.29 is 14.3 Å². The molecule has 5 heteroatoms. The molecule has 2 aliphatic rings. The molecule has 1 aliphatic heterocycles. The van der Waals surface area contributed by atoms with Crippen LogP contribution in [0.15, 0.2) is 71.1 Å². The van der Waals surface area contributed by atoms with E-state index >= 15 is 0 Å². The number of carbonyl (C=O) groups excluding carboxylic acids is 1. The molecule has 1 atom stereocenters. The molecule has 0 saturated heterocycles. The minimum Gasteiger partial charge on any atom is -0.493 e. The summed E-state index contributed by atoms with van der Waals surface area (Å²) in [6.07, 6.45) is 2.18. The van der Waals surface area contributed by atoms with E-state index in [0.717, 1.165) is 35.4 Å². The van der Waals surface area contributed by atoms with Gasteiger partial charge >= 0.3 is 0 Å². The number of benzene rings is 2. The highest BCUT2D eigenvalue weighted by Crippen LogP contribution is 2.43. The number of nitrogens with one attached hydrogen (secondary N) is 1. The van der Waals surface area contributed by atoms with Crippen LogP contribution in [0.1, 0.15) is 43.2 Å². The monoisotopic (exact) mass is 400 g/mol. The van der Waals surface area contributed by atoms with Crippen LogP contribution in [0.2, 0.25) is 0 Å². The lowest BCUT2D eigenvalue weighted by molar-refractivity contribution is -0.116. The van der Waals surface area contributed by atoms with Gasteiger partial charge in [-0.25, -0.2) is 0 Å². The lowest BCUT2D eigenvalue weighted by Crippen LogP contribution is -2.31. The Morgan fingerprint density at radius 3 is 2.67 bits per heavy atom. The SMILES string of the molecule is COc1cc(C2C(C#N)=C(C)NC3=C2C(=O)CCC3)ccc1OCc1ccccc1. The van der Waals surface area contributed by atoms with Crippen LogP contribution < -0.4 is 14.8 Å². The van der Waals surface area contributed by atoms with Gasteiger partial charge in [0, 0.05) is 23.4 Å². The largest absolute Gasteiger partial charge is 0.493 e. The van der Waals surface area contributed by atoms with E-state index in [9.17, 15) is 10.1 Å². The fraction of sp³-hybridized carbons (Fsp3) is 0.280. The molecule has 30 heavy (non-hydrogen) atoms. The van der Waals surface area contributed by atoms with Crippen LogP contribution in [-0.2, 0) is 11.4 Å². The molecule has 0 saturated carbocycles. The van der Waals surface area contributed by atoms with Crippen LogP contribution in [0.4, 0.5) is 0 Å². The van der Waals surface area contributed by atoms with E-state index < -0.39 is 0 Å². The Bertz CT molecular complexity index is 1080. The molecule has 0 radical (unpaired) electrons. The minimum absolute atomic E-state index is 0.109. The van der Waals surface area contributed by atoms with Crippen molar-refractivity contribution in [1.82, 2.24) is 5.32 Å². The summed E-state index contributed by atoms with van der Waals surface area (Å²) >= 11 is 0. The fourth-order valence-electron chi connectivity index (χ4n) is 4.18. The maximum Gasteiger partial charge on any atom is 0.161 e. The van der Waals surface area contributed by atoms with E-state index in [2.05, 4.69) is 11.4 Å². The number of dihydropyridines is 1. The number of hydrogen-bond donors (Lipinski definition) is 1. The molecule has 5 nitrogen and oxygen atoms in total. The number of nitrogens with zero attached hydrogens (tertiary/aromatic N) is 1. The maximum atomic E-state index is 12.8. The number of methoxy groups -OCH3 is 1. The number of allylic oxidation sites excluding steroid dienone is 4. The molecule has 1 aliphatic carbocycles. The van der Waals surface area contributed by atoms with E-state index in [-0.39, 0.29) is 11.7 Å². The van der Waals surface area contributed by atoms with Crippen molar-refractivity contribution in [2.75, 3.05) is 7.11 Å². The zero-order chi connectivity index (χ0) is 21.1. The van der Waals surface area contributed by atoms with Gasteiger partial charge in [-0.1, -0.05) is 36.4 Å². The quantitative estimate of drug-likeness (QED) is 0.783. The molecule has 2 aromatic carbocycles. The molecule has 4 rings (SSSR count). The molecule has 152 valence electrons. The predicted octanol–water partition coefficient (Wildman–Crippen LogP) is 4.77. The Kier molecular flexibility index (Phi) is 5.58. The van der Waals surface area contributed by atoms with E-state index in [1.807, 2.05) is 55.5 Å². The Morgan fingerprint density at radius 2 is 1.93 bits per heavy atom. The highest BCUT2D eigenvalue weighted by molar-refractivity contribution is 5.99. The molecular formula is C25H24N2O3. The Balaban J connectivity index is 1.69. The molecule has 0 amide bonds. The highest BCUT2D eigenvalue weighted by Gasteiger charge is 2.36. The van der Waals surface area contributed by atoms with Crippen molar-refractivity contribution in [2.45, 2.75) is 38.7 Å². The van der Waals surface area contributed by atoms with Crippen molar-refractivity contribution in [3.8, 4) is 17.6 Å². The summed E-state index contributed by atoms with van der Waals surface area (Å²) in [5, 5.41) is 13.1. The van der Waals surface area contributed by atoms with Crippen LogP contribution in [-0.4, -0.2) is 12.9 Å². The molecule has 0 fully saturated rings. The summed E-state index contributed by atoms with van der Waals surface area (Å²) in [6.45, 7) is 2.32. The zero-order valence-corrected chi connectivity index (χ0v) is 17.2. The smallest absolute Gasteiger partial charge is 0.161 e. The third-order valence-electron chi connectivity index (χ3n) is 5.65. The number of nitriles is 1. The maximum absolute atomic E-state index is 12.8. The number of ether oxygens (including phenoxy) is 2. The Hall–Kier alpha value is -3.52. The summed E-state index contributed by atoms with van der Waals surface area (Å²) in [5.41, 5.74) is 4.96. The number of carbonyl (C=O) groups is 1. The Morgan fingerprint density at radius 1 is 1.13 bits per heavy atom. The van der Waals surface area contributed by atoms with Crippen LogP contribution in [0, 0.1) is 11.3 Å². The second-order valence-electron chi connectivity index (χ2n) is 7.56. The molecular weight excluding hydrogens is 376 g/mol. The molecule has 1 unspecified atom stereocenters. The Labute approximate surface area is 176 Å². The second kappa shape index (κ2) is 8.46. The summed E-state index contributed by atoms with van der Waals surface area (Å²) in [6, 6.07) is 17.9. The zero-order valence-electron chi connectivity index (χ0n) is 17.2. The van der Waals surface area contributed by atoms with Gasteiger partial charge in [0.1, 0.15) is 6.61 Å². The van der Waals surface area contributed by atoms with E-state index in [4.69, 9.17) is 9.47 Å². The van der Waals surface area contributed by atoms with Gasteiger partial charge in [-0.05, 0) is 43.0 Å². The van der Waals surface area contributed by atoms with Gasteiger partial charge in [0.15, 0.2) is 17.3 Å². The predicted molar refractivity (Wildman–Crippen MR) is 114 cm³/mol. The first-order chi connectivity index (χ1) is 14.6. The van der Waals surface area contributed by atoms with Gasteiger partial charge in [-0.15, -0.1) is 0 Å². The topological polar surface area (TPSA) is 71.3 Å². The molecule has 0 spiro atoms. The lowest BCUT2D eigenvalue weighted by Gasteiger charge is -2.32.